The maximum atomic E-state index is 13.4. The lowest BCUT2D eigenvalue weighted by atomic mass is 10.0. The number of phenols is 1. The van der Waals surface area contributed by atoms with Gasteiger partial charge in [-0.1, -0.05) is 56.3 Å². The summed E-state index contributed by atoms with van der Waals surface area (Å²) >= 11 is 0. The van der Waals surface area contributed by atoms with Crippen molar-refractivity contribution in [3.63, 3.8) is 0 Å². The van der Waals surface area contributed by atoms with Gasteiger partial charge in [-0.2, -0.15) is 4.31 Å². The summed E-state index contributed by atoms with van der Waals surface area (Å²) in [4.78, 5) is 11.8. The summed E-state index contributed by atoms with van der Waals surface area (Å²) in [6.45, 7) is 5.90. The molecule has 5 N–H and O–H groups in total. The Morgan fingerprint density at radius 1 is 0.979 bits per heavy atom. The number of benzene rings is 3. The summed E-state index contributed by atoms with van der Waals surface area (Å²) in [5, 5.41) is 23.7. The van der Waals surface area contributed by atoms with Gasteiger partial charge in [0.15, 0.2) is 6.61 Å². The van der Waals surface area contributed by atoms with Crippen LogP contribution in [-0.2, 0) is 41.6 Å². The molecule has 3 aromatic rings. The van der Waals surface area contributed by atoms with Crippen molar-refractivity contribution in [3.05, 3.63) is 90.0 Å². The Kier molecular flexibility index (Phi) is 14.9. The zero-order chi connectivity index (χ0) is 34.5. The van der Waals surface area contributed by atoms with E-state index in [0.29, 0.717) is 18.7 Å². The quantitative estimate of drug-likeness (QED) is 0.0767. The summed E-state index contributed by atoms with van der Waals surface area (Å²) in [6.07, 6.45) is -0.786. The first-order valence-corrected chi connectivity index (χ1v) is 18.6. The van der Waals surface area contributed by atoms with E-state index in [1.807, 2.05) is 38.1 Å². The number of carbonyl (C=O) groups is 1. The van der Waals surface area contributed by atoms with Gasteiger partial charge < -0.3 is 30.5 Å². The number of sulfonamides is 1. The van der Waals surface area contributed by atoms with Crippen molar-refractivity contribution in [3.8, 4) is 11.5 Å². The predicted molar refractivity (Wildman–Crippen MR) is 180 cm³/mol. The Bertz CT molecular complexity index is 1540. The van der Waals surface area contributed by atoms with Gasteiger partial charge in [-0.05, 0) is 66.8 Å². The molecule has 0 bridgehead atoms. The molecule has 0 fully saturated rings. The van der Waals surface area contributed by atoms with Gasteiger partial charge in [0.2, 0.25) is 10.0 Å². The minimum atomic E-state index is -3.92. The summed E-state index contributed by atoms with van der Waals surface area (Å²) in [5.41, 5.74) is 8.13. The lowest BCUT2D eigenvalue weighted by molar-refractivity contribution is -0.145. The lowest BCUT2D eigenvalue weighted by Crippen LogP contribution is -2.47. The smallest absolute Gasteiger partial charge is 0.381 e. The van der Waals surface area contributed by atoms with E-state index in [0.717, 1.165) is 11.1 Å². The largest absolute Gasteiger partial charge is 0.508 e. The second-order valence-corrected chi connectivity index (χ2v) is 15.5. The van der Waals surface area contributed by atoms with Crippen molar-refractivity contribution in [2.24, 2.45) is 11.7 Å². The highest BCUT2D eigenvalue weighted by Gasteiger charge is 2.30. The van der Waals surface area contributed by atoms with E-state index in [1.165, 1.54) is 28.6 Å². The number of esters is 1. The number of hydrogen-bond donors (Lipinski definition) is 4. The SMILES string of the molecule is CCOC(=O)COP(=O)(CCNCc1ccc(C[C@H](N)[C@H](O)CN(CC(C)C)S(=O)(=O)c2ccc(O)cc2)cc1)Oc1ccccc1. The van der Waals surface area contributed by atoms with Crippen molar-refractivity contribution in [1.29, 1.82) is 0 Å². The average molecular weight is 692 g/mol. The number of nitrogens with one attached hydrogen (secondary N) is 1. The summed E-state index contributed by atoms with van der Waals surface area (Å²) in [5.74, 6) is -0.298. The number of aliphatic hydroxyl groups excluding tert-OH is 1. The van der Waals surface area contributed by atoms with E-state index in [-0.39, 0.29) is 49.0 Å². The normalized spacial score (nSPS) is 14.4. The standard InChI is InChI=1S/C33H46N3O9PS/c1-4-43-33(39)24-44-46(40,45-29-8-6-5-7-9-29)19-18-35-21-27-12-10-26(11-13-27)20-31(34)32(38)23-36(22-25(2)3)47(41,42)30-16-14-28(37)15-17-30/h5-17,25,31-32,35,37-38H,4,18-24,34H2,1-3H3/t31-,32+,46?/m0/s1. The summed E-state index contributed by atoms with van der Waals surface area (Å²) in [6, 6.07) is 20.7. The topological polar surface area (TPSA) is 178 Å². The van der Waals surface area contributed by atoms with E-state index >= 15 is 0 Å². The molecule has 12 nitrogen and oxygen atoms in total. The van der Waals surface area contributed by atoms with Crippen molar-refractivity contribution in [2.75, 3.05) is 39.0 Å². The second kappa shape index (κ2) is 18.3. The van der Waals surface area contributed by atoms with Crippen molar-refractivity contribution in [1.82, 2.24) is 9.62 Å². The van der Waals surface area contributed by atoms with Crippen LogP contribution in [0.1, 0.15) is 31.9 Å². The minimum absolute atomic E-state index is 0.00640. The summed E-state index contributed by atoms with van der Waals surface area (Å²) in [7, 11) is -7.59. The highest BCUT2D eigenvalue weighted by atomic mass is 32.2. The summed E-state index contributed by atoms with van der Waals surface area (Å²) < 4.78 is 57.1. The van der Waals surface area contributed by atoms with E-state index in [9.17, 15) is 28.0 Å². The second-order valence-electron chi connectivity index (χ2n) is 11.5. The number of rotatable bonds is 20. The van der Waals surface area contributed by atoms with Crippen LogP contribution in [0.25, 0.3) is 0 Å². The van der Waals surface area contributed by atoms with E-state index in [2.05, 4.69) is 5.32 Å². The predicted octanol–water partition coefficient (Wildman–Crippen LogP) is 3.91. The Labute approximate surface area is 277 Å². The number of ether oxygens (including phenoxy) is 1. The number of nitrogens with two attached hydrogens (primary N) is 1. The van der Waals surface area contributed by atoms with E-state index < -0.39 is 42.3 Å². The molecular formula is C33H46N3O9PS. The molecule has 3 aromatic carbocycles. The van der Waals surface area contributed by atoms with Crippen LogP contribution < -0.4 is 15.6 Å². The van der Waals surface area contributed by atoms with Crippen molar-refractivity contribution < 1.29 is 41.8 Å². The zero-order valence-electron chi connectivity index (χ0n) is 27.0. The van der Waals surface area contributed by atoms with Crippen molar-refractivity contribution in [2.45, 2.75) is 50.8 Å². The maximum Gasteiger partial charge on any atom is 0.381 e. The number of phenolic OH excluding ortho intramolecular Hbond substituents is 1. The fourth-order valence-corrected chi connectivity index (χ4v) is 7.64. The van der Waals surface area contributed by atoms with Gasteiger partial charge in [-0.3, -0.25) is 4.52 Å². The van der Waals surface area contributed by atoms with Crippen LogP contribution in [0.15, 0.2) is 83.8 Å². The molecule has 47 heavy (non-hydrogen) atoms. The molecule has 0 aliphatic rings. The van der Waals surface area contributed by atoms with Crippen LogP contribution in [0.2, 0.25) is 0 Å². The molecule has 258 valence electrons. The molecule has 0 saturated heterocycles. The number of para-hydroxylation sites is 1. The average Bonchev–Trinajstić information content (AvgIpc) is 3.03. The molecule has 1 unspecified atom stereocenters. The lowest BCUT2D eigenvalue weighted by Gasteiger charge is -2.28. The van der Waals surface area contributed by atoms with Crippen LogP contribution in [0.4, 0.5) is 0 Å². The van der Waals surface area contributed by atoms with Gasteiger partial charge >= 0.3 is 13.6 Å². The van der Waals surface area contributed by atoms with Crippen LogP contribution >= 0.6 is 7.60 Å². The highest BCUT2D eigenvalue weighted by Crippen LogP contribution is 2.47. The first-order chi connectivity index (χ1) is 22.3. The van der Waals surface area contributed by atoms with Crippen LogP contribution in [0.3, 0.4) is 0 Å². The zero-order valence-corrected chi connectivity index (χ0v) is 28.7. The molecule has 0 aromatic heterocycles. The molecule has 0 amide bonds. The van der Waals surface area contributed by atoms with Crippen LogP contribution in [0.5, 0.6) is 11.5 Å². The van der Waals surface area contributed by atoms with Gasteiger partial charge in [-0.25, -0.2) is 17.8 Å². The third kappa shape index (κ3) is 12.7. The van der Waals surface area contributed by atoms with Crippen molar-refractivity contribution >= 4 is 23.6 Å². The molecule has 0 aliphatic heterocycles. The molecule has 14 heteroatoms. The fraction of sp³-hybridized carbons (Fsp3) is 0.424. The molecule has 3 atom stereocenters. The number of hydrogen-bond acceptors (Lipinski definition) is 11. The monoisotopic (exact) mass is 691 g/mol. The van der Waals surface area contributed by atoms with Gasteiger partial charge in [0.05, 0.1) is 23.8 Å². The first kappa shape index (κ1) is 38.2. The van der Waals surface area contributed by atoms with Gasteiger partial charge in [0, 0.05) is 32.2 Å². The van der Waals surface area contributed by atoms with Gasteiger partial charge in [-0.15, -0.1) is 0 Å². The molecule has 0 spiro atoms. The molecule has 3 rings (SSSR count). The van der Waals surface area contributed by atoms with E-state index in [1.54, 1.807) is 37.3 Å². The maximum absolute atomic E-state index is 13.4. The Balaban J connectivity index is 1.53. The molecule has 0 saturated carbocycles. The minimum Gasteiger partial charge on any atom is -0.508 e. The Hall–Kier alpha value is -3.29. The van der Waals surface area contributed by atoms with Crippen LogP contribution in [0, 0.1) is 5.92 Å². The van der Waals surface area contributed by atoms with Gasteiger partial charge in [0.1, 0.15) is 11.5 Å². The number of aliphatic hydroxyl groups is 1. The van der Waals surface area contributed by atoms with Gasteiger partial charge in [0.25, 0.3) is 0 Å². The highest BCUT2D eigenvalue weighted by molar-refractivity contribution is 7.89. The number of carbonyl (C=O) groups excluding carboxylic acids is 1. The van der Waals surface area contributed by atoms with E-state index in [4.69, 9.17) is 19.5 Å². The first-order valence-electron chi connectivity index (χ1n) is 15.5. The third-order valence-corrected chi connectivity index (χ3v) is 10.6. The molecule has 0 aliphatic carbocycles. The third-order valence-electron chi connectivity index (χ3n) is 6.99. The molecule has 0 heterocycles. The molecular weight excluding hydrogens is 645 g/mol. The fourth-order valence-electron chi connectivity index (χ4n) is 4.57. The Morgan fingerprint density at radius 3 is 2.23 bits per heavy atom. The number of nitrogens with zero attached hydrogens (tertiary/aromatic N) is 1. The number of aromatic hydroxyl groups is 1. The Morgan fingerprint density at radius 2 is 1.62 bits per heavy atom. The van der Waals surface area contributed by atoms with Crippen LogP contribution in [-0.4, -0.2) is 80.1 Å². The molecule has 0 radical (unpaired) electrons.